The molecule has 0 saturated heterocycles. The van der Waals surface area contributed by atoms with Crippen LogP contribution in [0.3, 0.4) is 0 Å². The highest BCUT2D eigenvalue weighted by Gasteiger charge is 2.09. The Morgan fingerprint density at radius 3 is 2.47 bits per heavy atom. The van der Waals surface area contributed by atoms with Crippen molar-refractivity contribution >= 4 is 41.5 Å². The van der Waals surface area contributed by atoms with Gasteiger partial charge in [-0.2, -0.15) is 0 Å². The number of carbonyl (C=O) groups excluding carboxylic acids is 1. The minimum Gasteiger partial charge on any atom is -0.493 e. The van der Waals surface area contributed by atoms with Crippen molar-refractivity contribution in [3.05, 3.63) is 53.3 Å². The first-order valence-corrected chi connectivity index (χ1v) is 9.31. The van der Waals surface area contributed by atoms with Gasteiger partial charge in [-0.25, -0.2) is 4.39 Å². The Labute approximate surface area is 193 Å². The molecule has 0 unspecified atom stereocenters. The molecule has 0 aromatic heterocycles. The zero-order valence-electron chi connectivity index (χ0n) is 17.5. The summed E-state index contributed by atoms with van der Waals surface area (Å²) in [6, 6.07) is 9.90. The van der Waals surface area contributed by atoms with Crippen LogP contribution < -0.4 is 25.4 Å². The molecule has 7 nitrogen and oxygen atoms in total. The van der Waals surface area contributed by atoms with Crippen molar-refractivity contribution in [3.63, 3.8) is 0 Å². The van der Waals surface area contributed by atoms with E-state index in [1.165, 1.54) is 6.07 Å². The van der Waals surface area contributed by atoms with E-state index < -0.39 is 5.82 Å². The van der Waals surface area contributed by atoms with Crippen LogP contribution in [0.15, 0.2) is 41.4 Å². The molecule has 0 saturated carbocycles. The lowest BCUT2D eigenvalue weighted by Gasteiger charge is -2.15. The van der Waals surface area contributed by atoms with Crippen molar-refractivity contribution in [2.45, 2.75) is 13.8 Å². The lowest BCUT2D eigenvalue weighted by atomic mass is 10.1. The first kappa shape index (κ1) is 25.5. The number of halogens is 2. The van der Waals surface area contributed by atoms with E-state index in [9.17, 15) is 9.18 Å². The number of anilines is 1. The van der Waals surface area contributed by atoms with Crippen molar-refractivity contribution < 1.29 is 18.7 Å². The Hall–Kier alpha value is -2.56. The number of aliphatic imine (C=N–C) groups is 1. The molecule has 2 aromatic rings. The molecule has 0 heterocycles. The summed E-state index contributed by atoms with van der Waals surface area (Å²) in [7, 11) is 3.23. The van der Waals surface area contributed by atoms with Crippen LogP contribution in [0.2, 0.25) is 0 Å². The van der Waals surface area contributed by atoms with Crippen molar-refractivity contribution in [3.8, 4) is 11.5 Å². The number of hydrogen-bond acceptors (Lipinski definition) is 4. The number of rotatable bonds is 8. The van der Waals surface area contributed by atoms with E-state index in [-0.39, 0.29) is 35.4 Å². The van der Waals surface area contributed by atoms with E-state index in [2.05, 4.69) is 20.9 Å². The van der Waals surface area contributed by atoms with Crippen molar-refractivity contribution in [2.24, 2.45) is 4.99 Å². The molecule has 0 spiro atoms. The fourth-order valence-corrected chi connectivity index (χ4v) is 2.53. The van der Waals surface area contributed by atoms with Gasteiger partial charge in [-0.1, -0.05) is 6.07 Å². The maximum absolute atomic E-state index is 13.6. The van der Waals surface area contributed by atoms with Crippen molar-refractivity contribution in [1.82, 2.24) is 10.6 Å². The molecular formula is C21H28FIN4O3. The molecule has 1 amide bonds. The molecule has 30 heavy (non-hydrogen) atoms. The number of carbonyl (C=O) groups is 1. The predicted molar refractivity (Wildman–Crippen MR) is 128 cm³/mol. The third-order valence-corrected chi connectivity index (χ3v) is 4.09. The van der Waals surface area contributed by atoms with Gasteiger partial charge in [-0.15, -0.1) is 24.0 Å². The highest BCUT2D eigenvalue weighted by molar-refractivity contribution is 14.0. The second kappa shape index (κ2) is 12.9. The predicted octanol–water partition coefficient (Wildman–Crippen LogP) is 3.58. The van der Waals surface area contributed by atoms with E-state index in [0.717, 1.165) is 5.69 Å². The zero-order chi connectivity index (χ0) is 21.2. The van der Waals surface area contributed by atoms with Crippen LogP contribution in [0, 0.1) is 12.7 Å². The van der Waals surface area contributed by atoms with E-state index >= 15 is 0 Å². The van der Waals surface area contributed by atoms with Crippen LogP contribution in [-0.4, -0.2) is 45.7 Å². The highest BCUT2D eigenvalue weighted by atomic mass is 127. The summed E-state index contributed by atoms with van der Waals surface area (Å²) in [5.41, 5.74) is 1.57. The fraction of sp³-hybridized carbons (Fsp3) is 0.333. The Kier molecular flexibility index (Phi) is 10.9. The minimum absolute atomic E-state index is 0. The number of benzene rings is 2. The lowest BCUT2D eigenvalue weighted by molar-refractivity contribution is 0.0954. The highest BCUT2D eigenvalue weighted by Crippen LogP contribution is 2.30. The van der Waals surface area contributed by atoms with Gasteiger partial charge in [0.15, 0.2) is 17.5 Å². The molecular weight excluding hydrogens is 502 g/mol. The third-order valence-electron chi connectivity index (χ3n) is 4.09. The van der Waals surface area contributed by atoms with Gasteiger partial charge in [0.25, 0.3) is 5.91 Å². The van der Waals surface area contributed by atoms with Gasteiger partial charge < -0.3 is 25.4 Å². The van der Waals surface area contributed by atoms with Crippen LogP contribution >= 0.6 is 24.0 Å². The van der Waals surface area contributed by atoms with Crippen LogP contribution in [-0.2, 0) is 0 Å². The van der Waals surface area contributed by atoms with Gasteiger partial charge in [0.05, 0.1) is 13.7 Å². The van der Waals surface area contributed by atoms with Gasteiger partial charge in [-0.3, -0.25) is 9.79 Å². The lowest BCUT2D eigenvalue weighted by Crippen LogP contribution is -2.37. The Morgan fingerprint density at radius 1 is 1.10 bits per heavy atom. The molecule has 0 fully saturated rings. The molecule has 0 aliphatic heterocycles. The van der Waals surface area contributed by atoms with E-state index in [0.29, 0.717) is 42.7 Å². The number of aryl methyl sites for hydroxylation is 1. The summed E-state index contributed by atoms with van der Waals surface area (Å²) < 4.78 is 24.4. The maximum Gasteiger partial charge on any atom is 0.251 e. The van der Waals surface area contributed by atoms with Gasteiger partial charge in [0.1, 0.15) is 5.82 Å². The van der Waals surface area contributed by atoms with Crippen LogP contribution in [0.5, 0.6) is 11.5 Å². The second-order valence-corrected chi connectivity index (χ2v) is 6.14. The van der Waals surface area contributed by atoms with Gasteiger partial charge in [0.2, 0.25) is 0 Å². The average Bonchev–Trinajstić information content (AvgIpc) is 2.73. The van der Waals surface area contributed by atoms with Gasteiger partial charge in [-0.05, 0) is 43.7 Å². The zero-order valence-corrected chi connectivity index (χ0v) is 19.9. The topological polar surface area (TPSA) is 84.0 Å². The molecule has 2 rings (SSSR count). The molecule has 9 heteroatoms. The summed E-state index contributed by atoms with van der Waals surface area (Å²) in [6.45, 7) is 4.90. The average molecular weight is 530 g/mol. The Morgan fingerprint density at radius 2 is 1.83 bits per heavy atom. The Bertz CT molecular complexity index is 877. The van der Waals surface area contributed by atoms with E-state index in [1.54, 1.807) is 33.2 Å². The fourth-order valence-electron chi connectivity index (χ4n) is 2.53. The molecule has 0 aliphatic carbocycles. The minimum atomic E-state index is -0.397. The summed E-state index contributed by atoms with van der Waals surface area (Å²) in [5, 5.41) is 8.99. The SMILES string of the molecule is CCOc1ccc(NC(=NC)NCCNC(=O)c2ccc(C)c(F)c2)cc1OC.I. The van der Waals surface area contributed by atoms with Crippen molar-refractivity contribution in [2.75, 3.05) is 39.2 Å². The number of amides is 1. The van der Waals surface area contributed by atoms with E-state index in [4.69, 9.17) is 9.47 Å². The molecule has 2 aromatic carbocycles. The number of nitrogens with zero attached hydrogens (tertiary/aromatic N) is 1. The first-order valence-electron chi connectivity index (χ1n) is 9.31. The first-order chi connectivity index (χ1) is 14.0. The van der Waals surface area contributed by atoms with Crippen LogP contribution in [0.1, 0.15) is 22.8 Å². The molecule has 0 aliphatic rings. The molecule has 164 valence electrons. The number of guanidine groups is 1. The standard InChI is InChI=1S/C21H27FN4O3.HI/c1-5-29-18-9-8-16(13-19(18)28-4)26-21(23-3)25-11-10-24-20(27)15-7-6-14(2)17(22)12-15;/h6-9,12-13H,5,10-11H2,1-4H3,(H,24,27)(H2,23,25,26);1H. The Balaban J connectivity index is 0.00000450. The quantitative estimate of drug-likeness (QED) is 0.211. The summed E-state index contributed by atoms with van der Waals surface area (Å²) in [5.74, 6) is 1.09. The molecule has 0 atom stereocenters. The smallest absolute Gasteiger partial charge is 0.251 e. The van der Waals surface area contributed by atoms with Gasteiger partial charge in [0, 0.05) is 37.5 Å². The normalized spacial score (nSPS) is 10.6. The molecule has 3 N–H and O–H groups in total. The molecule has 0 radical (unpaired) electrons. The summed E-state index contributed by atoms with van der Waals surface area (Å²) in [6.07, 6.45) is 0. The monoisotopic (exact) mass is 530 g/mol. The number of nitrogens with one attached hydrogen (secondary N) is 3. The third kappa shape index (κ3) is 7.36. The number of hydrogen-bond donors (Lipinski definition) is 3. The number of ether oxygens (including phenoxy) is 2. The molecule has 0 bridgehead atoms. The van der Waals surface area contributed by atoms with Crippen LogP contribution in [0.25, 0.3) is 0 Å². The maximum atomic E-state index is 13.6. The van der Waals surface area contributed by atoms with Gasteiger partial charge >= 0.3 is 0 Å². The van der Waals surface area contributed by atoms with E-state index in [1.807, 2.05) is 25.1 Å². The largest absolute Gasteiger partial charge is 0.493 e. The second-order valence-electron chi connectivity index (χ2n) is 6.14. The number of methoxy groups -OCH3 is 1. The summed E-state index contributed by atoms with van der Waals surface area (Å²) >= 11 is 0. The van der Waals surface area contributed by atoms with Crippen LogP contribution in [0.4, 0.5) is 10.1 Å². The summed E-state index contributed by atoms with van der Waals surface area (Å²) in [4.78, 5) is 16.2. The van der Waals surface area contributed by atoms with Crippen molar-refractivity contribution in [1.29, 1.82) is 0 Å².